The van der Waals surface area contributed by atoms with Gasteiger partial charge in [0.25, 0.3) is 5.91 Å². The van der Waals surface area contributed by atoms with E-state index in [9.17, 15) is 14.4 Å². The summed E-state index contributed by atoms with van der Waals surface area (Å²) in [5, 5.41) is 12.0. The fraction of sp³-hybridized carbons (Fsp3) is 0.0909. The molecule has 3 aromatic rings. The van der Waals surface area contributed by atoms with Crippen LogP contribution >= 0.6 is 11.6 Å². The van der Waals surface area contributed by atoms with Crippen LogP contribution in [0, 0.1) is 17.1 Å². The Labute approximate surface area is 172 Å². The van der Waals surface area contributed by atoms with Gasteiger partial charge >= 0.3 is 0 Å². The Kier molecular flexibility index (Phi) is 6.32. The molecule has 29 heavy (non-hydrogen) atoms. The molecule has 0 aliphatic heterocycles. The van der Waals surface area contributed by atoms with E-state index in [-0.39, 0.29) is 10.6 Å². The maximum Gasteiger partial charge on any atom is 0.266 e. The van der Waals surface area contributed by atoms with E-state index in [2.05, 4.69) is 5.32 Å². The zero-order valence-electron chi connectivity index (χ0n) is 15.4. The lowest BCUT2D eigenvalue weighted by atomic mass is 10.2. The Morgan fingerprint density at radius 2 is 2.00 bits per heavy atom. The van der Waals surface area contributed by atoms with Crippen molar-refractivity contribution in [3.8, 4) is 23.1 Å². The predicted octanol–water partition coefficient (Wildman–Crippen LogP) is 5.68. The largest absolute Gasteiger partial charge is 0.494 e. The number of nitrogens with one attached hydrogen (secondary N) is 1. The van der Waals surface area contributed by atoms with E-state index in [0.717, 1.165) is 0 Å². The molecule has 7 heteroatoms. The number of hydrogen-bond donors (Lipinski definition) is 1. The number of carbonyl (C=O) groups is 1. The quantitative estimate of drug-likeness (QED) is 0.418. The molecule has 1 amide bonds. The molecule has 5 nitrogen and oxygen atoms in total. The summed E-state index contributed by atoms with van der Waals surface area (Å²) in [4.78, 5) is 12.4. The van der Waals surface area contributed by atoms with Crippen molar-refractivity contribution in [3.63, 3.8) is 0 Å². The molecule has 3 rings (SSSR count). The minimum Gasteiger partial charge on any atom is -0.494 e. The summed E-state index contributed by atoms with van der Waals surface area (Å²) in [5.41, 5.74) is 0.978. The van der Waals surface area contributed by atoms with Crippen LogP contribution in [0.15, 0.2) is 64.6 Å². The van der Waals surface area contributed by atoms with Crippen LogP contribution in [0.3, 0.4) is 0 Å². The van der Waals surface area contributed by atoms with Crippen molar-refractivity contribution in [3.05, 3.63) is 76.8 Å². The number of rotatable bonds is 6. The van der Waals surface area contributed by atoms with Crippen LogP contribution in [0.1, 0.15) is 12.7 Å². The molecular formula is C22H16ClFN2O3. The summed E-state index contributed by atoms with van der Waals surface area (Å²) in [6.45, 7) is 2.42. The second-order valence-corrected chi connectivity index (χ2v) is 6.32. The first-order valence-electron chi connectivity index (χ1n) is 8.71. The highest BCUT2D eigenvalue weighted by molar-refractivity contribution is 6.31. The molecule has 1 aromatic heterocycles. The van der Waals surface area contributed by atoms with Crippen molar-refractivity contribution in [1.29, 1.82) is 5.26 Å². The summed E-state index contributed by atoms with van der Waals surface area (Å²) in [7, 11) is 0. The molecule has 2 aromatic carbocycles. The number of ether oxygens (including phenoxy) is 1. The van der Waals surface area contributed by atoms with Gasteiger partial charge in [0.1, 0.15) is 34.7 Å². The summed E-state index contributed by atoms with van der Waals surface area (Å²) in [6.07, 6.45) is 1.33. The number of hydrogen-bond acceptors (Lipinski definition) is 4. The number of anilines is 1. The number of benzene rings is 2. The topological polar surface area (TPSA) is 75.3 Å². The molecule has 0 radical (unpaired) electrons. The van der Waals surface area contributed by atoms with Crippen LogP contribution in [0.4, 0.5) is 10.1 Å². The highest BCUT2D eigenvalue weighted by Gasteiger charge is 2.12. The monoisotopic (exact) mass is 410 g/mol. The van der Waals surface area contributed by atoms with Gasteiger partial charge in [-0.3, -0.25) is 4.79 Å². The first kappa shape index (κ1) is 20.2. The summed E-state index contributed by atoms with van der Waals surface area (Å²) in [6, 6.07) is 16.1. The van der Waals surface area contributed by atoms with Crippen molar-refractivity contribution in [2.75, 3.05) is 11.9 Å². The van der Waals surface area contributed by atoms with Gasteiger partial charge in [-0.25, -0.2) is 4.39 Å². The lowest BCUT2D eigenvalue weighted by Gasteiger charge is -2.06. The summed E-state index contributed by atoms with van der Waals surface area (Å²) in [5.74, 6) is 0.325. The van der Waals surface area contributed by atoms with Crippen LogP contribution < -0.4 is 10.1 Å². The first-order valence-corrected chi connectivity index (χ1v) is 9.09. The van der Waals surface area contributed by atoms with E-state index in [1.165, 1.54) is 24.3 Å². The maximum absolute atomic E-state index is 13.3. The Bertz CT molecular complexity index is 1100. The molecule has 1 heterocycles. The van der Waals surface area contributed by atoms with Gasteiger partial charge < -0.3 is 14.5 Å². The molecule has 146 valence electrons. The van der Waals surface area contributed by atoms with Gasteiger partial charge in [-0.1, -0.05) is 11.6 Å². The van der Waals surface area contributed by atoms with E-state index in [4.69, 9.17) is 20.8 Å². The van der Waals surface area contributed by atoms with Crippen LogP contribution in [-0.4, -0.2) is 12.5 Å². The van der Waals surface area contributed by atoms with Crippen molar-refractivity contribution in [2.45, 2.75) is 6.92 Å². The van der Waals surface area contributed by atoms with E-state index in [1.807, 2.05) is 13.0 Å². The minimum absolute atomic E-state index is 0.0246. The number of amides is 1. The average molecular weight is 411 g/mol. The Morgan fingerprint density at radius 1 is 1.24 bits per heavy atom. The number of nitriles is 1. The van der Waals surface area contributed by atoms with Gasteiger partial charge in [0.15, 0.2) is 0 Å². The van der Waals surface area contributed by atoms with E-state index >= 15 is 0 Å². The summed E-state index contributed by atoms with van der Waals surface area (Å²) < 4.78 is 24.3. The number of carbonyl (C=O) groups excluding carboxylic acids is 1. The van der Waals surface area contributed by atoms with Crippen molar-refractivity contribution < 1.29 is 18.3 Å². The molecule has 0 atom stereocenters. The molecular weight excluding hydrogens is 395 g/mol. The lowest BCUT2D eigenvalue weighted by Crippen LogP contribution is -2.13. The minimum atomic E-state index is -0.570. The maximum atomic E-state index is 13.3. The lowest BCUT2D eigenvalue weighted by molar-refractivity contribution is -0.112. The first-order chi connectivity index (χ1) is 14.0. The zero-order valence-corrected chi connectivity index (χ0v) is 16.2. The van der Waals surface area contributed by atoms with Gasteiger partial charge in [0.05, 0.1) is 11.6 Å². The predicted molar refractivity (Wildman–Crippen MR) is 109 cm³/mol. The number of furan rings is 1. The third kappa shape index (κ3) is 5.03. The standard InChI is InChI=1S/C22H16ClFN2O3/c1-2-28-17-6-4-16(5-7-17)26-22(27)15(13-25)11-18-8-10-21(29-18)14-3-9-20(24)19(23)12-14/h3-12H,2H2,1H3,(H,26,27)/b15-11+. The molecule has 0 spiro atoms. The Balaban J connectivity index is 1.75. The van der Waals surface area contributed by atoms with Gasteiger partial charge in [-0.2, -0.15) is 5.26 Å². The SMILES string of the molecule is CCOc1ccc(NC(=O)/C(C#N)=C/c2ccc(-c3ccc(F)c(Cl)c3)o2)cc1. The normalized spacial score (nSPS) is 11.0. The second kappa shape index (κ2) is 9.09. The van der Waals surface area contributed by atoms with Gasteiger partial charge in [0, 0.05) is 17.3 Å². The van der Waals surface area contributed by atoms with Gasteiger partial charge in [0.2, 0.25) is 0 Å². The van der Waals surface area contributed by atoms with Crippen LogP contribution in [0.25, 0.3) is 17.4 Å². The Morgan fingerprint density at radius 3 is 2.66 bits per heavy atom. The van der Waals surface area contributed by atoms with Crippen molar-refractivity contribution in [1.82, 2.24) is 0 Å². The third-order valence-electron chi connectivity index (χ3n) is 3.91. The number of halogens is 2. The fourth-order valence-electron chi connectivity index (χ4n) is 2.53. The fourth-order valence-corrected chi connectivity index (χ4v) is 2.71. The molecule has 0 aliphatic carbocycles. The summed E-state index contributed by atoms with van der Waals surface area (Å²) >= 11 is 5.79. The van der Waals surface area contributed by atoms with Crippen LogP contribution in [0.2, 0.25) is 5.02 Å². The number of nitrogens with zero attached hydrogens (tertiary/aromatic N) is 1. The molecule has 0 aliphatic rings. The van der Waals surface area contributed by atoms with E-state index < -0.39 is 11.7 Å². The molecule has 0 bridgehead atoms. The zero-order chi connectivity index (χ0) is 20.8. The van der Waals surface area contributed by atoms with Gasteiger partial charge in [-0.05, 0) is 61.5 Å². The van der Waals surface area contributed by atoms with Crippen LogP contribution in [0.5, 0.6) is 5.75 Å². The average Bonchev–Trinajstić information content (AvgIpc) is 3.18. The van der Waals surface area contributed by atoms with Crippen molar-refractivity contribution >= 4 is 29.3 Å². The molecule has 0 saturated carbocycles. The molecule has 0 saturated heterocycles. The van der Waals surface area contributed by atoms with Crippen molar-refractivity contribution in [2.24, 2.45) is 0 Å². The smallest absolute Gasteiger partial charge is 0.266 e. The second-order valence-electron chi connectivity index (χ2n) is 5.91. The Hall–Kier alpha value is -3.56. The van der Waals surface area contributed by atoms with E-state index in [1.54, 1.807) is 36.4 Å². The third-order valence-corrected chi connectivity index (χ3v) is 4.20. The molecule has 1 N–H and O–H groups in total. The van der Waals surface area contributed by atoms with E-state index in [0.29, 0.717) is 35.1 Å². The van der Waals surface area contributed by atoms with Gasteiger partial charge in [-0.15, -0.1) is 0 Å². The molecule has 0 unspecified atom stereocenters. The molecule has 0 fully saturated rings. The highest BCUT2D eigenvalue weighted by Crippen LogP contribution is 2.27. The highest BCUT2D eigenvalue weighted by atomic mass is 35.5. The van der Waals surface area contributed by atoms with Crippen LogP contribution in [-0.2, 0) is 4.79 Å².